The van der Waals surface area contributed by atoms with Gasteiger partial charge in [0.1, 0.15) is 16.9 Å². The van der Waals surface area contributed by atoms with Crippen LogP contribution in [0.5, 0.6) is 0 Å². The van der Waals surface area contributed by atoms with Crippen LogP contribution in [0.3, 0.4) is 0 Å². The molecule has 1 aromatic heterocycles. The van der Waals surface area contributed by atoms with Gasteiger partial charge >= 0.3 is 0 Å². The minimum atomic E-state index is -0.366. The third kappa shape index (κ3) is 2.80. The average molecular weight is 315 g/mol. The van der Waals surface area contributed by atoms with Crippen molar-refractivity contribution in [2.75, 3.05) is 0 Å². The maximum absolute atomic E-state index is 13.7. The second-order valence-electron chi connectivity index (χ2n) is 4.32. The number of halogens is 2. The largest absolute Gasteiger partial charge is 0.235 e. The maximum Gasteiger partial charge on any atom is 0.135 e. The van der Waals surface area contributed by atoms with Gasteiger partial charge in [0, 0.05) is 10.6 Å². The van der Waals surface area contributed by atoms with Crippen molar-refractivity contribution in [2.45, 2.75) is 0 Å². The zero-order valence-corrected chi connectivity index (χ0v) is 12.2. The van der Waals surface area contributed by atoms with E-state index in [1.165, 1.54) is 23.5 Å². The Kier molecular flexibility index (Phi) is 3.70. The monoisotopic (exact) mass is 314 g/mol. The summed E-state index contributed by atoms with van der Waals surface area (Å²) in [7, 11) is 0. The SMILES string of the molecule is N#C/C(=C\c1ccccc1F)c1nc2cc(Cl)ccc2s1. The van der Waals surface area contributed by atoms with Gasteiger partial charge in [0.05, 0.1) is 15.8 Å². The Balaban J connectivity index is 2.10. The molecule has 0 amide bonds. The van der Waals surface area contributed by atoms with Crippen LogP contribution in [-0.4, -0.2) is 4.98 Å². The lowest BCUT2D eigenvalue weighted by molar-refractivity contribution is 0.625. The Bertz CT molecular complexity index is 893. The molecule has 0 atom stereocenters. The molecule has 0 saturated carbocycles. The van der Waals surface area contributed by atoms with Crippen LogP contribution >= 0.6 is 22.9 Å². The first-order valence-electron chi connectivity index (χ1n) is 6.10. The molecular formula is C16H8ClFN2S. The number of fused-ring (bicyclic) bond motifs is 1. The fourth-order valence-electron chi connectivity index (χ4n) is 1.91. The van der Waals surface area contributed by atoms with Crippen molar-refractivity contribution >= 4 is 44.8 Å². The first kappa shape index (κ1) is 13.7. The molecule has 5 heteroatoms. The lowest BCUT2D eigenvalue weighted by Gasteiger charge is -1.96. The summed E-state index contributed by atoms with van der Waals surface area (Å²) in [5.41, 5.74) is 1.43. The molecular weight excluding hydrogens is 307 g/mol. The topological polar surface area (TPSA) is 36.7 Å². The van der Waals surface area contributed by atoms with Crippen molar-refractivity contribution in [3.63, 3.8) is 0 Å². The second-order valence-corrected chi connectivity index (χ2v) is 5.79. The van der Waals surface area contributed by atoms with Gasteiger partial charge in [0.25, 0.3) is 0 Å². The van der Waals surface area contributed by atoms with E-state index in [0.29, 0.717) is 21.2 Å². The highest BCUT2D eigenvalue weighted by Crippen LogP contribution is 2.30. The van der Waals surface area contributed by atoms with Crippen molar-refractivity contribution in [1.82, 2.24) is 4.98 Å². The van der Waals surface area contributed by atoms with Gasteiger partial charge in [0.2, 0.25) is 0 Å². The van der Waals surface area contributed by atoms with Crippen LogP contribution in [0.4, 0.5) is 4.39 Å². The van der Waals surface area contributed by atoms with Crippen LogP contribution in [0.25, 0.3) is 21.9 Å². The summed E-state index contributed by atoms with van der Waals surface area (Å²) in [4.78, 5) is 4.39. The van der Waals surface area contributed by atoms with Gasteiger partial charge in [-0.1, -0.05) is 29.8 Å². The third-order valence-electron chi connectivity index (χ3n) is 2.91. The smallest absolute Gasteiger partial charge is 0.135 e. The molecule has 0 saturated heterocycles. The zero-order valence-electron chi connectivity index (χ0n) is 10.7. The van der Waals surface area contributed by atoms with Crippen LogP contribution in [0.15, 0.2) is 42.5 Å². The minimum Gasteiger partial charge on any atom is -0.235 e. The zero-order chi connectivity index (χ0) is 14.8. The molecule has 0 unspecified atom stereocenters. The van der Waals surface area contributed by atoms with Gasteiger partial charge in [-0.3, -0.25) is 0 Å². The highest BCUT2D eigenvalue weighted by molar-refractivity contribution is 7.19. The van der Waals surface area contributed by atoms with Crippen molar-refractivity contribution < 1.29 is 4.39 Å². The number of nitrogens with zero attached hydrogens (tertiary/aromatic N) is 2. The van der Waals surface area contributed by atoms with E-state index in [4.69, 9.17) is 11.6 Å². The molecule has 21 heavy (non-hydrogen) atoms. The minimum absolute atomic E-state index is 0.331. The molecule has 3 aromatic rings. The molecule has 0 radical (unpaired) electrons. The maximum atomic E-state index is 13.7. The molecule has 0 aliphatic carbocycles. The van der Waals surface area contributed by atoms with E-state index in [-0.39, 0.29) is 5.82 Å². The Morgan fingerprint density at radius 3 is 2.86 bits per heavy atom. The van der Waals surface area contributed by atoms with E-state index in [0.717, 1.165) is 10.2 Å². The summed E-state index contributed by atoms with van der Waals surface area (Å²) in [6, 6.07) is 13.8. The van der Waals surface area contributed by atoms with E-state index in [9.17, 15) is 9.65 Å². The fourth-order valence-corrected chi connectivity index (χ4v) is 2.98. The average Bonchev–Trinajstić information content (AvgIpc) is 2.89. The number of thiazole rings is 1. The number of hydrogen-bond acceptors (Lipinski definition) is 3. The van der Waals surface area contributed by atoms with Crippen molar-refractivity contribution in [3.05, 3.63) is 63.9 Å². The molecule has 2 nitrogen and oxygen atoms in total. The highest BCUT2D eigenvalue weighted by Gasteiger charge is 2.10. The normalized spacial score (nSPS) is 11.6. The Hall–Kier alpha value is -2.22. The summed E-state index contributed by atoms with van der Waals surface area (Å²) < 4.78 is 14.6. The van der Waals surface area contributed by atoms with Gasteiger partial charge < -0.3 is 0 Å². The molecule has 0 N–H and O–H groups in total. The number of hydrogen-bond donors (Lipinski definition) is 0. The van der Waals surface area contributed by atoms with Gasteiger partial charge in [-0.2, -0.15) is 5.26 Å². The van der Waals surface area contributed by atoms with Crippen molar-refractivity contribution in [2.24, 2.45) is 0 Å². The fraction of sp³-hybridized carbons (Fsp3) is 0. The summed E-state index contributed by atoms with van der Waals surface area (Å²) in [5, 5.41) is 10.5. The molecule has 0 fully saturated rings. The van der Waals surface area contributed by atoms with Crippen LogP contribution in [-0.2, 0) is 0 Å². The lowest BCUT2D eigenvalue weighted by Crippen LogP contribution is -1.84. The van der Waals surface area contributed by atoms with Crippen LogP contribution in [0.1, 0.15) is 10.6 Å². The van der Waals surface area contributed by atoms with Crippen LogP contribution in [0, 0.1) is 17.1 Å². The summed E-state index contributed by atoms with van der Waals surface area (Å²) in [6.45, 7) is 0. The molecule has 0 aliphatic heterocycles. The van der Waals surface area contributed by atoms with Gasteiger partial charge in [-0.05, 0) is 30.3 Å². The lowest BCUT2D eigenvalue weighted by atomic mass is 10.1. The number of benzene rings is 2. The predicted octanol–water partition coefficient (Wildman–Crippen LogP) is 5.15. The van der Waals surface area contributed by atoms with Crippen LogP contribution < -0.4 is 0 Å². The molecule has 0 spiro atoms. The Morgan fingerprint density at radius 2 is 2.10 bits per heavy atom. The van der Waals surface area contributed by atoms with E-state index < -0.39 is 0 Å². The highest BCUT2D eigenvalue weighted by atomic mass is 35.5. The second kappa shape index (κ2) is 5.65. The van der Waals surface area contributed by atoms with E-state index in [2.05, 4.69) is 11.1 Å². The molecule has 1 heterocycles. The van der Waals surface area contributed by atoms with Crippen LogP contribution in [0.2, 0.25) is 5.02 Å². The van der Waals surface area contributed by atoms with Gasteiger partial charge in [0.15, 0.2) is 0 Å². The van der Waals surface area contributed by atoms with E-state index in [1.807, 2.05) is 6.07 Å². The van der Waals surface area contributed by atoms with E-state index in [1.54, 1.807) is 30.3 Å². The third-order valence-corrected chi connectivity index (χ3v) is 4.21. The summed E-state index contributed by atoms with van der Waals surface area (Å²) in [5.74, 6) is -0.366. The molecule has 3 rings (SSSR count). The first-order valence-corrected chi connectivity index (χ1v) is 7.29. The predicted molar refractivity (Wildman–Crippen MR) is 84.5 cm³/mol. The quantitative estimate of drug-likeness (QED) is 0.613. The first-order chi connectivity index (χ1) is 10.2. The number of nitriles is 1. The summed E-state index contributed by atoms with van der Waals surface area (Å²) >= 11 is 7.31. The standard InChI is InChI=1S/C16H8ClFN2S/c17-12-5-6-15-14(8-12)20-16(21-15)11(9-19)7-10-3-1-2-4-13(10)18/h1-8H/b11-7+. The number of rotatable bonds is 2. The molecule has 0 aliphatic rings. The summed E-state index contributed by atoms with van der Waals surface area (Å²) in [6.07, 6.45) is 1.51. The van der Waals surface area contributed by atoms with Crippen molar-refractivity contribution in [1.29, 1.82) is 5.26 Å². The Labute approximate surface area is 129 Å². The van der Waals surface area contributed by atoms with E-state index >= 15 is 0 Å². The van der Waals surface area contributed by atoms with Gasteiger partial charge in [-0.15, -0.1) is 11.3 Å². The van der Waals surface area contributed by atoms with Crippen molar-refractivity contribution in [3.8, 4) is 6.07 Å². The molecule has 0 bridgehead atoms. The number of aromatic nitrogens is 1. The Morgan fingerprint density at radius 1 is 1.29 bits per heavy atom. The molecule has 2 aromatic carbocycles. The number of allylic oxidation sites excluding steroid dienone is 1. The van der Waals surface area contributed by atoms with Gasteiger partial charge in [-0.25, -0.2) is 9.37 Å². The molecule has 102 valence electrons.